The summed E-state index contributed by atoms with van der Waals surface area (Å²) in [5.41, 5.74) is 3.45. The molecule has 0 saturated carbocycles. The zero-order chi connectivity index (χ0) is 17.1. The zero-order valence-corrected chi connectivity index (χ0v) is 14.4. The minimum absolute atomic E-state index is 0.437. The van der Waals surface area contributed by atoms with E-state index in [4.69, 9.17) is 0 Å². The van der Waals surface area contributed by atoms with E-state index < -0.39 is 6.10 Å². The molecule has 0 unspecified atom stereocenters. The Bertz CT molecular complexity index is 806. The van der Waals surface area contributed by atoms with Crippen LogP contribution in [0.3, 0.4) is 0 Å². The average molecular weight is 335 g/mol. The maximum Gasteiger partial charge on any atom is 0.0917 e. The molecule has 4 nitrogen and oxygen atoms in total. The highest BCUT2D eigenvalue weighted by Crippen LogP contribution is 2.21. The number of hydrogen-bond acceptors (Lipinski definition) is 3. The van der Waals surface area contributed by atoms with Crippen LogP contribution in [0.15, 0.2) is 60.8 Å². The van der Waals surface area contributed by atoms with Gasteiger partial charge in [0, 0.05) is 51.0 Å². The van der Waals surface area contributed by atoms with Crippen molar-refractivity contribution in [1.29, 1.82) is 0 Å². The van der Waals surface area contributed by atoms with Gasteiger partial charge in [0.2, 0.25) is 0 Å². The maximum atomic E-state index is 10.6. The van der Waals surface area contributed by atoms with Crippen LogP contribution in [-0.2, 0) is 6.54 Å². The largest absolute Gasteiger partial charge is 0.387 e. The van der Waals surface area contributed by atoms with E-state index in [1.807, 2.05) is 12.3 Å². The van der Waals surface area contributed by atoms with Crippen LogP contribution in [0, 0.1) is 0 Å². The number of aliphatic hydroxyl groups excluding tert-OH is 1. The van der Waals surface area contributed by atoms with Crippen LogP contribution in [-0.4, -0.2) is 52.6 Å². The second kappa shape index (κ2) is 7.40. The Kier molecular flexibility index (Phi) is 4.83. The lowest BCUT2D eigenvalue weighted by Gasteiger charge is -2.35. The molecule has 1 aliphatic rings. The molecule has 0 aliphatic carbocycles. The molecule has 1 atom stereocenters. The summed E-state index contributed by atoms with van der Waals surface area (Å²) in [6.45, 7) is 5.84. The molecule has 2 N–H and O–H groups in total. The highest BCUT2D eigenvalue weighted by molar-refractivity contribution is 5.79. The molecule has 1 aliphatic heterocycles. The van der Waals surface area contributed by atoms with Crippen molar-refractivity contribution in [2.75, 3.05) is 32.7 Å². The van der Waals surface area contributed by atoms with Gasteiger partial charge in [-0.05, 0) is 28.6 Å². The summed E-state index contributed by atoms with van der Waals surface area (Å²) in [4.78, 5) is 8.07. The van der Waals surface area contributed by atoms with Crippen LogP contribution in [0.5, 0.6) is 0 Å². The van der Waals surface area contributed by atoms with Crippen LogP contribution < -0.4 is 0 Å². The number of benzene rings is 2. The Morgan fingerprint density at radius 1 is 0.920 bits per heavy atom. The third-order valence-corrected chi connectivity index (χ3v) is 5.11. The fourth-order valence-corrected chi connectivity index (χ4v) is 3.59. The molecular formula is C21H25N3O. The van der Waals surface area contributed by atoms with Gasteiger partial charge in [0.25, 0.3) is 0 Å². The Morgan fingerprint density at radius 3 is 2.48 bits per heavy atom. The smallest absolute Gasteiger partial charge is 0.0917 e. The van der Waals surface area contributed by atoms with Crippen LogP contribution in [0.2, 0.25) is 0 Å². The molecular weight excluding hydrogens is 310 g/mol. The molecule has 4 rings (SSSR count). The van der Waals surface area contributed by atoms with Gasteiger partial charge in [0.15, 0.2) is 0 Å². The number of nitrogens with zero attached hydrogens (tertiary/aromatic N) is 2. The molecule has 0 bridgehead atoms. The van der Waals surface area contributed by atoms with Crippen molar-refractivity contribution in [3.05, 3.63) is 71.9 Å². The van der Waals surface area contributed by atoms with Crippen molar-refractivity contribution in [2.24, 2.45) is 0 Å². The number of nitrogens with one attached hydrogen (secondary N) is 1. The molecule has 2 heterocycles. The quantitative estimate of drug-likeness (QED) is 0.753. The SMILES string of the molecule is O[C@@H](CN1CCN(Cc2ccccc2)CC1)c1ccc2cc[nH]c2c1. The Balaban J connectivity index is 1.30. The highest BCUT2D eigenvalue weighted by Gasteiger charge is 2.20. The third kappa shape index (κ3) is 3.93. The molecule has 3 aromatic rings. The molecule has 4 heteroatoms. The van der Waals surface area contributed by atoms with Gasteiger partial charge in [-0.2, -0.15) is 0 Å². The summed E-state index contributed by atoms with van der Waals surface area (Å²) in [6.07, 6.45) is 1.50. The second-order valence-electron chi connectivity index (χ2n) is 6.90. The number of aromatic amines is 1. The summed E-state index contributed by atoms with van der Waals surface area (Å²) in [5.74, 6) is 0. The number of hydrogen-bond donors (Lipinski definition) is 2. The fraction of sp³-hybridized carbons (Fsp3) is 0.333. The second-order valence-corrected chi connectivity index (χ2v) is 6.90. The van der Waals surface area contributed by atoms with Gasteiger partial charge in [-0.25, -0.2) is 0 Å². The van der Waals surface area contributed by atoms with Gasteiger partial charge in [-0.3, -0.25) is 9.80 Å². The van der Waals surface area contributed by atoms with Gasteiger partial charge in [-0.1, -0.05) is 42.5 Å². The standard InChI is InChI=1S/C21H25N3O/c25-21(19-7-6-18-8-9-22-20(18)14-19)16-24-12-10-23(11-13-24)15-17-4-2-1-3-5-17/h1-9,14,21-22,25H,10-13,15-16H2/t21-/m0/s1. The van der Waals surface area contributed by atoms with Gasteiger partial charge in [-0.15, -0.1) is 0 Å². The number of H-pyrrole nitrogens is 1. The first-order valence-electron chi connectivity index (χ1n) is 9.02. The predicted molar refractivity (Wildman–Crippen MR) is 101 cm³/mol. The van der Waals surface area contributed by atoms with E-state index in [0.29, 0.717) is 6.54 Å². The average Bonchev–Trinajstić information content (AvgIpc) is 3.12. The van der Waals surface area contributed by atoms with Crippen LogP contribution in [0.1, 0.15) is 17.2 Å². The lowest BCUT2D eigenvalue weighted by molar-refractivity contribution is 0.0701. The number of β-amino-alcohol motifs (C(OH)–C–C–N with tert-alkyl or cyclic N) is 1. The van der Waals surface area contributed by atoms with Gasteiger partial charge in [0.1, 0.15) is 0 Å². The summed E-state index contributed by atoms with van der Waals surface area (Å²) in [5, 5.41) is 11.8. The van der Waals surface area contributed by atoms with Gasteiger partial charge < -0.3 is 10.1 Å². The first-order chi connectivity index (χ1) is 12.3. The number of aromatic nitrogens is 1. The maximum absolute atomic E-state index is 10.6. The predicted octanol–water partition coefficient (Wildman–Crippen LogP) is 3.02. The lowest BCUT2D eigenvalue weighted by Crippen LogP contribution is -2.47. The van der Waals surface area contributed by atoms with E-state index >= 15 is 0 Å². The zero-order valence-electron chi connectivity index (χ0n) is 14.4. The van der Waals surface area contributed by atoms with Gasteiger partial charge in [0.05, 0.1) is 6.10 Å². The van der Waals surface area contributed by atoms with Crippen LogP contribution in [0.25, 0.3) is 10.9 Å². The Morgan fingerprint density at radius 2 is 1.68 bits per heavy atom. The van der Waals surface area contributed by atoms with E-state index in [2.05, 4.69) is 63.3 Å². The molecule has 2 aromatic carbocycles. The lowest BCUT2D eigenvalue weighted by atomic mass is 10.1. The van der Waals surface area contributed by atoms with E-state index in [1.165, 1.54) is 10.9 Å². The van der Waals surface area contributed by atoms with Crippen LogP contribution >= 0.6 is 0 Å². The Hall–Kier alpha value is -2.14. The molecule has 1 fully saturated rings. The van der Waals surface area contributed by atoms with Crippen LogP contribution in [0.4, 0.5) is 0 Å². The molecule has 0 spiro atoms. The molecule has 0 amide bonds. The highest BCUT2D eigenvalue weighted by atomic mass is 16.3. The molecule has 0 radical (unpaired) electrons. The first-order valence-corrected chi connectivity index (χ1v) is 9.02. The third-order valence-electron chi connectivity index (χ3n) is 5.11. The summed E-state index contributed by atoms with van der Waals surface area (Å²) < 4.78 is 0. The molecule has 1 saturated heterocycles. The number of piperazine rings is 1. The number of fused-ring (bicyclic) bond motifs is 1. The Labute approximate surface area is 148 Å². The minimum Gasteiger partial charge on any atom is -0.387 e. The minimum atomic E-state index is -0.437. The summed E-state index contributed by atoms with van der Waals surface area (Å²) in [6, 6.07) is 18.9. The van der Waals surface area contributed by atoms with Crippen molar-refractivity contribution in [3.63, 3.8) is 0 Å². The van der Waals surface area contributed by atoms with Crippen molar-refractivity contribution in [3.8, 4) is 0 Å². The summed E-state index contributed by atoms with van der Waals surface area (Å²) in [7, 11) is 0. The normalized spacial score (nSPS) is 17.8. The van der Waals surface area contributed by atoms with E-state index in [1.54, 1.807) is 0 Å². The number of rotatable bonds is 5. The van der Waals surface area contributed by atoms with Crippen molar-refractivity contribution < 1.29 is 5.11 Å². The van der Waals surface area contributed by atoms with Crippen molar-refractivity contribution >= 4 is 10.9 Å². The summed E-state index contributed by atoms with van der Waals surface area (Å²) >= 11 is 0. The van der Waals surface area contributed by atoms with E-state index in [9.17, 15) is 5.11 Å². The monoisotopic (exact) mass is 335 g/mol. The van der Waals surface area contributed by atoms with Crippen molar-refractivity contribution in [2.45, 2.75) is 12.6 Å². The topological polar surface area (TPSA) is 42.5 Å². The molecule has 25 heavy (non-hydrogen) atoms. The van der Waals surface area contributed by atoms with E-state index in [0.717, 1.165) is 43.8 Å². The fourth-order valence-electron chi connectivity index (χ4n) is 3.59. The molecule has 130 valence electrons. The van der Waals surface area contributed by atoms with Gasteiger partial charge >= 0.3 is 0 Å². The van der Waals surface area contributed by atoms with Crippen molar-refractivity contribution in [1.82, 2.24) is 14.8 Å². The molecule has 1 aromatic heterocycles. The number of aliphatic hydroxyl groups is 1. The first kappa shape index (κ1) is 16.3. The van der Waals surface area contributed by atoms with E-state index in [-0.39, 0.29) is 0 Å².